The monoisotopic (exact) mass is 477 g/mol. The molecule has 1 aliphatic carbocycles. The zero-order valence-corrected chi connectivity index (χ0v) is 18.1. The minimum atomic E-state index is -4.57. The summed E-state index contributed by atoms with van der Waals surface area (Å²) in [6.45, 7) is 0.127. The third-order valence-electron chi connectivity index (χ3n) is 6.24. The highest BCUT2D eigenvalue weighted by Crippen LogP contribution is 2.36. The van der Waals surface area contributed by atoms with E-state index in [-0.39, 0.29) is 85.5 Å². The normalized spacial score (nSPS) is 22.0. The van der Waals surface area contributed by atoms with Gasteiger partial charge in [0.05, 0.1) is 18.8 Å². The summed E-state index contributed by atoms with van der Waals surface area (Å²) >= 11 is 0. The van der Waals surface area contributed by atoms with Gasteiger partial charge < -0.3 is 15.5 Å². The zero-order chi connectivity index (χ0) is 23.0. The Morgan fingerprint density at radius 2 is 1.91 bits per heavy atom. The molecule has 0 aromatic carbocycles. The molecule has 2 aliphatic heterocycles. The molecule has 1 unspecified atom stereocenters. The van der Waals surface area contributed by atoms with Crippen LogP contribution in [0.4, 0.5) is 22.3 Å². The van der Waals surface area contributed by atoms with Gasteiger partial charge in [-0.15, -0.1) is 0 Å². The van der Waals surface area contributed by atoms with Crippen molar-refractivity contribution < 1.29 is 31.9 Å². The number of rotatable bonds is 6. The van der Waals surface area contributed by atoms with Crippen LogP contribution in [-0.4, -0.2) is 63.4 Å². The molecule has 184 valence electrons. The minimum Gasteiger partial charge on any atom is -0.338 e. The van der Waals surface area contributed by atoms with Crippen molar-refractivity contribution in [3.8, 4) is 0 Å². The van der Waals surface area contributed by atoms with Gasteiger partial charge in [0.1, 0.15) is 12.0 Å². The number of piperidine rings is 1. The molecule has 12 heteroatoms. The molecule has 7 nitrogen and oxygen atoms in total. The van der Waals surface area contributed by atoms with Crippen molar-refractivity contribution in [3.63, 3.8) is 0 Å². The van der Waals surface area contributed by atoms with E-state index in [0.717, 1.165) is 12.8 Å². The number of hydrogen-bond acceptors (Lipinski definition) is 5. The lowest BCUT2D eigenvalue weighted by molar-refractivity contribution is -0.142. The molecule has 1 aromatic rings. The van der Waals surface area contributed by atoms with E-state index in [1.54, 1.807) is 0 Å². The second-order valence-corrected chi connectivity index (χ2v) is 9.02. The molecule has 4 rings (SSSR count). The average Bonchev–Trinajstić information content (AvgIpc) is 3.53. The van der Waals surface area contributed by atoms with E-state index in [9.17, 15) is 27.2 Å². The zero-order valence-electron chi connectivity index (χ0n) is 18.1. The Morgan fingerprint density at radius 3 is 2.58 bits per heavy atom. The van der Waals surface area contributed by atoms with Crippen LogP contribution in [-0.2, 0) is 35.2 Å². The predicted molar refractivity (Wildman–Crippen MR) is 108 cm³/mol. The summed E-state index contributed by atoms with van der Waals surface area (Å²) in [5, 5.41) is 0. The van der Waals surface area contributed by atoms with Crippen molar-refractivity contribution in [1.82, 2.24) is 19.8 Å². The van der Waals surface area contributed by atoms with Crippen LogP contribution in [0.2, 0.25) is 0 Å². The molecule has 3 aliphatic rings. The Hall–Kier alpha value is -2.37. The first-order valence-corrected chi connectivity index (χ1v) is 11.0. The summed E-state index contributed by atoms with van der Waals surface area (Å²) in [4.78, 5) is 35.6. The van der Waals surface area contributed by atoms with Gasteiger partial charge in [-0.2, -0.15) is 13.2 Å². The van der Waals surface area contributed by atoms with Crippen LogP contribution < -0.4 is 5.73 Å². The van der Waals surface area contributed by atoms with E-state index in [1.165, 1.54) is 9.80 Å². The number of carbonyl (C=O) groups is 2. The number of halogens is 5. The Labute approximate surface area is 188 Å². The summed E-state index contributed by atoms with van der Waals surface area (Å²) in [6, 6.07) is -0.681. The van der Waals surface area contributed by atoms with E-state index in [2.05, 4.69) is 9.97 Å². The quantitative estimate of drug-likeness (QED) is 0.634. The maximum absolute atomic E-state index is 13.6. The number of hydrogen-bond donors (Lipinski definition) is 1. The fraction of sp³-hybridized carbons (Fsp3) is 0.714. The van der Waals surface area contributed by atoms with Crippen LogP contribution in [0, 0.1) is 5.92 Å². The Balaban J connectivity index is 0.00000306. The van der Waals surface area contributed by atoms with Gasteiger partial charge in [-0.05, 0) is 31.6 Å². The second kappa shape index (κ2) is 9.86. The molecule has 0 spiro atoms. The van der Waals surface area contributed by atoms with Gasteiger partial charge in [0.2, 0.25) is 11.8 Å². The van der Waals surface area contributed by atoms with Gasteiger partial charge in [0.15, 0.2) is 5.69 Å². The molecule has 2 fully saturated rings. The number of likely N-dealkylation sites (tertiary alicyclic amines) is 1. The summed E-state index contributed by atoms with van der Waals surface area (Å²) in [5.41, 5.74) is 5.44. The molecular formula is C21H28F5N5O2. The first-order valence-electron chi connectivity index (χ1n) is 11.0. The van der Waals surface area contributed by atoms with Gasteiger partial charge in [0.25, 0.3) is 0 Å². The van der Waals surface area contributed by atoms with Crippen molar-refractivity contribution in [3.05, 3.63) is 22.8 Å². The van der Waals surface area contributed by atoms with Crippen LogP contribution in [0.25, 0.3) is 0 Å². The minimum absolute atomic E-state index is 0. The maximum Gasteiger partial charge on any atom is 0.433 e. The molecule has 1 saturated carbocycles. The predicted octanol–water partition coefficient (Wildman–Crippen LogP) is 2.16. The number of alkyl halides is 4. The van der Waals surface area contributed by atoms with E-state index in [4.69, 9.17) is 5.73 Å². The first-order chi connectivity index (χ1) is 15.1. The Kier molecular flexibility index (Phi) is 7.55. The lowest BCUT2D eigenvalue weighted by atomic mass is 10.0. The van der Waals surface area contributed by atoms with Gasteiger partial charge in [-0.25, -0.2) is 14.4 Å². The molecule has 0 radical (unpaired) electrons. The van der Waals surface area contributed by atoms with Crippen molar-refractivity contribution in [2.45, 2.75) is 69.9 Å². The molecular weight excluding hydrogens is 449 g/mol. The van der Waals surface area contributed by atoms with Gasteiger partial charge >= 0.3 is 6.18 Å². The standard InChI is InChI=1S/C21H27F4N5O2.FH/c22-13-3-4-18(31)30(9-13)10-14(26)8-19(32)29-6-5-15-16(11-29)27-17(7-12-1-2-12)28-20(15)21(23,24)25;/h12-14H,1-11,26H2;1H/t13?,14-;/m0./s1. The summed E-state index contributed by atoms with van der Waals surface area (Å²) in [6.07, 6.45) is -3.08. The van der Waals surface area contributed by atoms with Crippen LogP contribution in [0.3, 0.4) is 0 Å². The highest BCUT2D eigenvalue weighted by molar-refractivity contribution is 5.78. The third-order valence-corrected chi connectivity index (χ3v) is 6.24. The van der Waals surface area contributed by atoms with E-state index < -0.39 is 24.1 Å². The highest BCUT2D eigenvalue weighted by atomic mass is 19.4. The van der Waals surface area contributed by atoms with Crippen molar-refractivity contribution in [2.24, 2.45) is 11.7 Å². The lowest BCUT2D eigenvalue weighted by Crippen LogP contribution is -2.48. The molecule has 33 heavy (non-hydrogen) atoms. The van der Waals surface area contributed by atoms with Gasteiger partial charge in [0, 0.05) is 44.0 Å². The summed E-state index contributed by atoms with van der Waals surface area (Å²) in [7, 11) is 0. The SMILES string of the molecule is F.N[C@@H](CC(=O)N1CCc2c(nc(CC3CC3)nc2C(F)(F)F)C1)CN1CC(F)CCC1=O. The second-order valence-electron chi connectivity index (χ2n) is 9.02. The van der Waals surface area contributed by atoms with Gasteiger partial charge in [-0.3, -0.25) is 14.3 Å². The number of fused-ring (bicyclic) bond motifs is 1. The Bertz CT molecular complexity index is 893. The van der Waals surface area contributed by atoms with Crippen molar-refractivity contribution in [1.29, 1.82) is 0 Å². The number of carbonyl (C=O) groups excluding carboxylic acids is 2. The van der Waals surface area contributed by atoms with Crippen LogP contribution in [0.1, 0.15) is 54.9 Å². The van der Waals surface area contributed by atoms with E-state index in [0.29, 0.717) is 12.3 Å². The molecule has 2 amide bonds. The molecule has 3 heterocycles. The van der Waals surface area contributed by atoms with E-state index in [1.807, 2.05) is 0 Å². The van der Waals surface area contributed by atoms with Gasteiger partial charge in [-0.1, -0.05) is 0 Å². The lowest BCUT2D eigenvalue weighted by Gasteiger charge is -2.33. The number of nitrogens with zero attached hydrogens (tertiary/aromatic N) is 4. The van der Waals surface area contributed by atoms with Crippen molar-refractivity contribution >= 4 is 11.8 Å². The molecule has 2 atom stereocenters. The molecule has 2 N–H and O–H groups in total. The number of aromatic nitrogens is 2. The topological polar surface area (TPSA) is 92.4 Å². The average molecular weight is 477 g/mol. The Morgan fingerprint density at radius 1 is 1.18 bits per heavy atom. The largest absolute Gasteiger partial charge is 0.433 e. The first kappa shape index (κ1) is 25.3. The van der Waals surface area contributed by atoms with Crippen LogP contribution in [0.15, 0.2) is 0 Å². The highest BCUT2D eigenvalue weighted by Gasteiger charge is 2.40. The molecule has 1 aromatic heterocycles. The van der Waals surface area contributed by atoms with E-state index >= 15 is 0 Å². The smallest absolute Gasteiger partial charge is 0.338 e. The van der Waals surface area contributed by atoms with Crippen LogP contribution in [0.5, 0.6) is 0 Å². The van der Waals surface area contributed by atoms with Crippen LogP contribution >= 0.6 is 0 Å². The number of amides is 2. The maximum atomic E-state index is 13.6. The van der Waals surface area contributed by atoms with Crippen molar-refractivity contribution in [2.75, 3.05) is 19.6 Å². The fourth-order valence-corrected chi connectivity index (χ4v) is 4.35. The number of nitrogens with two attached hydrogens (primary N) is 1. The fourth-order valence-electron chi connectivity index (χ4n) is 4.35. The summed E-state index contributed by atoms with van der Waals surface area (Å²) < 4.78 is 54.3. The third kappa shape index (κ3) is 6.15. The molecule has 1 saturated heterocycles. The summed E-state index contributed by atoms with van der Waals surface area (Å²) in [5.74, 6) is -0.00238. The molecule has 0 bridgehead atoms.